The second-order valence-electron chi connectivity index (χ2n) is 6.63. The number of benzene rings is 1. The third-order valence-electron chi connectivity index (χ3n) is 4.78. The van der Waals surface area contributed by atoms with Gasteiger partial charge in [-0.2, -0.15) is 5.10 Å². The SMILES string of the molecule is COCCn1nc(C(=O)NC2CNCCC2c2ccc(F)c(F)c2)ccc1=O.Cl. The minimum atomic E-state index is -0.909. The van der Waals surface area contributed by atoms with Crippen LogP contribution in [0.3, 0.4) is 0 Å². The lowest BCUT2D eigenvalue weighted by Crippen LogP contribution is -2.50. The molecule has 29 heavy (non-hydrogen) atoms. The predicted molar refractivity (Wildman–Crippen MR) is 105 cm³/mol. The lowest BCUT2D eigenvalue weighted by atomic mass is 9.86. The van der Waals surface area contributed by atoms with Crippen molar-refractivity contribution < 1.29 is 18.3 Å². The Bertz CT molecular complexity index is 909. The summed E-state index contributed by atoms with van der Waals surface area (Å²) >= 11 is 0. The Labute approximate surface area is 172 Å². The first-order valence-electron chi connectivity index (χ1n) is 9.03. The summed E-state index contributed by atoms with van der Waals surface area (Å²) in [6.45, 7) is 1.72. The molecule has 0 saturated carbocycles. The Morgan fingerprint density at radius 2 is 2.10 bits per heavy atom. The predicted octanol–water partition coefficient (Wildman–Crippen LogP) is 1.47. The Kier molecular flexibility index (Phi) is 8.24. The van der Waals surface area contributed by atoms with Crippen molar-refractivity contribution in [1.82, 2.24) is 20.4 Å². The van der Waals surface area contributed by atoms with Gasteiger partial charge in [-0.3, -0.25) is 9.59 Å². The molecule has 2 atom stereocenters. The van der Waals surface area contributed by atoms with Crippen LogP contribution in [0.2, 0.25) is 0 Å². The first-order chi connectivity index (χ1) is 13.5. The van der Waals surface area contributed by atoms with Crippen LogP contribution < -0.4 is 16.2 Å². The molecule has 1 saturated heterocycles. The minimum Gasteiger partial charge on any atom is -0.383 e. The first kappa shape index (κ1) is 22.9. The summed E-state index contributed by atoms with van der Waals surface area (Å²) in [5, 5.41) is 10.2. The molecule has 1 aromatic carbocycles. The van der Waals surface area contributed by atoms with Crippen LogP contribution in [-0.2, 0) is 11.3 Å². The van der Waals surface area contributed by atoms with E-state index in [0.717, 1.165) is 6.07 Å². The van der Waals surface area contributed by atoms with E-state index in [1.54, 1.807) is 0 Å². The molecule has 1 amide bonds. The van der Waals surface area contributed by atoms with Crippen LogP contribution in [0.4, 0.5) is 8.78 Å². The van der Waals surface area contributed by atoms with Crippen molar-refractivity contribution in [2.75, 3.05) is 26.8 Å². The zero-order chi connectivity index (χ0) is 20.1. The Balaban J connectivity index is 0.00000300. The highest BCUT2D eigenvalue weighted by molar-refractivity contribution is 5.92. The zero-order valence-corrected chi connectivity index (χ0v) is 16.7. The van der Waals surface area contributed by atoms with E-state index >= 15 is 0 Å². The number of nitrogens with zero attached hydrogens (tertiary/aromatic N) is 2. The lowest BCUT2D eigenvalue weighted by molar-refractivity contribution is 0.0915. The van der Waals surface area contributed by atoms with Gasteiger partial charge in [0.05, 0.1) is 13.2 Å². The van der Waals surface area contributed by atoms with Crippen LogP contribution in [0.5, 0.6) is 0 Å². The van der Waals surface area contributed by atoms with E-state index in [-0.39, 0.29) is 42.2 Å². The number of hydrogen-bond acceptors (Lipinski definition) is 5. The number of nitrogens with one attached hydrogen (secondary N) is 2. The van der Waals surface area contributed by atoms with Gasteiger partial charge in [-0.05, 0) is 36.7 Å². The van der Waals surface area contributed by atoms with Crippen LogP contribution in [-0.4, -0.2) is 48.5 Å². The van der Waals surface area contributed by atoms with E-state index < -0.39 is 17.5 Å². The van der Waals surface area contributed by atoms with E-state index in [1.807, 2.05) is 0 Å². The molecule has 0 spiro atoms. The molecule has 0 radical (unpaired) electrons. The Morgan fingerprint density at radius 3 is 2.83 bits per heavy atom. The molecule has 2 unspecified atom stereocenters. The average molecular weight is 429 g/mol. The lowest BCUT2D eigenvalue weighted by Gasteiger charge is -2.33. The molecule has 2 heterocycles. The highest BCUT2D eigenvalue weighted by Gasteiger charge is 2.29. The molecule has 0 aliphatic carbocycles. The van der Waals surface area contributed by atoms with Gasteiger partial charge in [0.25, 0.3) is 11.5 Å². The number of methoxy groups -OCH3 is 1. The van der Waals surface area contributed by atoms with Crippen molar-refractivity contribution >= 4 is 18.3 Å². The zero-order valence-electron chi connectivity index (χ0n) is 15.9. The molecule has 0 bridgehead atoms. The van der Waals surface area contributed by atoms with Crippen molar-refractivity contribution in [3.63, 3.8) is 0 Å². The van der Waals surface area contributed by atoms with Crippen LogP contribution in [0, 0.1) is 11.6 Å². The van der Waals surface area contributed by atoms with Gasteiger partial charge in [0, 0.05) is 31.7 Å². The van der Waals surface area contributed by atoms with Crippen LogP contribution in [0.15, 0.2) is 35.1 Å². The topological polar surface area (TPSA) is 85.2 Å². The van der Waals surface area contributed by atoms with Crippen LogP contribution in [0.1, 0.15) is 28.4 Å². The maximum atomic E-state index is 13.6. The molecule has 2 aromatic rings. The maximum Gasteiger partial charge on any atom is 0.272 e. The summed E-state index contributed by atoms with van der Waals surface area (Å²) in [7, 11) is 1.51. The fourth-order valence-electron chi connectivity index (χ4n) is 3.30. The van der Waals surface area contributed by atoms with Crippen molar-refractivity contribution in [1.29, 1.82) is 0 Å². The van der Waals surface area contributed by atoms with Crippen molar-refractivity contribution in [2.24, 2.45) is 0 Å². The number of rotatable bonds is 6. The van der Waals surface area contributed by atoms with Gasteiger partial charge in [-0.25, -0.2) is 13.5 Å². The van der Waals surface area contributed by atoms with Gasteiger partial charge in [-0.1, -0.05) is 6.07 Å². The number of carbonyl (C=O) groups excluding carboxylic acids is 1. The molecule has 7 nitrogen and oxygen atoms in total. The standard InChI is InChI=1S/C19H22F2N4O3.ClH/c1-28-9-8-25-18(26)5-4-16(24-25)19(27)23-17-11-22-7-6-13(17)12-2-3-14(20)15(21)10-12;/h2-5,10,13,17,22H,6-9,11H2,1H3,(H,23,27);1H. The quantitative estimate of drug-likeness (QED) is 0.727. The minimum absolute atomic E-state index is 0. The Morgan fingerprint density at radius 1 is 1.31 bits per heavy atom. The summed E-state index contributed by atoms with van der Waals surface area (Å²) in [5.74, 6) is -2.42. The van der Waals surface area contributed by atoms with Crippen molar-refractivity contribution in [2.45, 2.75) is 24.9 Å². The fraction of sp³-hybridized carbons (Fsp3) is 0.421. The molecule has 158 valence electrons. The normalized spacial score (nSPS) is 18.7. The molecular weight excluding hydrogens is 406 g/mol. The molecule has 1 fully saturated rings. The smallest absolute Gasteiger partial charge is 0.272 e. The third-order valence-corrected chi connectivity index (χ3v) is 4.78. The Hall–Kier alpha value is -2.36. The number of hydrogen-bond donors (Lipinski definition) is 2. The van der Waals surface area contributed by atoms with Crippen molar-refractivity contribution in [3.05, 3.63) is 63.6 Å². The highest BCUT2D eigenvalue weighted by atomic mass is 35.5. The van der Waals surface area contributed by atoms with Crippen molar-refractivity contribution in [3.8, 4) is 0 Å². The number of amides is 1. The van der Waals surface area contributed by atoms with Gasteiger partial charge >= 0.3 is 0 Å². The molecule has 1 aromatic heterocycles. The maximum absolute atomic E-state index is 13.6. The van der Waals surface area contributed by atoms with Gasteiger partial charge in [0.15, 0.2) is 11.6 Å². The number of ether oxygens (including phenoxy) is 1. The second kappa shape index (κ2) is 10.4. The summed E-state index contributed by atoms with van der Waals surface area (Å²) in [6, 6.07) is 6.13. The summed E-state index contributed by atoms with van der Waals surface area (Å²) in [5.41, 5.74) is 0.404. The van der Waals surface area contributed by atoms with Gasteiger partial charge in [-0.15, -0.1) is 12.4 Å². The van der Waals surface area contributed by atoms with Gasteiger partial charge in [0.1, 0.15) is 5.69 Å². The number of piperidine rings is 1. The fourth-order valence-corrected chi connectivity index (χ4v) is 3.30. The summed E-state index contributed by atoms with van der Waals surface area (Å²) in [6.07, 6.45) is 0.663. The highest BCUT2D eigenvalue weighted by Crippen LogP contribution is 2.27. The van der Waals surface area contributed by atoms with Gasteiger partial charge in [0.2, 0.25) is 0 Å². The molecule has 1 aliphatic rings. The number of halogens is 3. The van der Waals surface area contributed by atoms with E-state index in [0.29, 0.717) is 31.7 Å². The molecular formula is C19H23ClF2N4O3. The average Bonchev–Trinajstić information content (AvgIpc) is 2.70. The molecule has 1 aliphatic heterocycles. The molecule has 10 heteroatoms. The summed E-state index contributed by atoms with van der Waals surface area (Å²) in [4.78, 5) is 24.5. The van der Waals surface area contributed by atoms with Crippen LogP contribution >= 0.6 is 12.4 Å². The molecule has 2 N–H and O–H groups in total. The number of carbonyl (C=O) groups is 1. The first-order valence-corrected chi connectivity index (χ1v) is 9.03. The second-order valence-corrected chi connectivity index (χ2v) is 6.63. The molecule has 3 rings (SSSR count). The third kappa shape index (κ3) is 5.59. The monoisotopic (exact) mass is 428 g/mol. The van der Waals surface area contributed by atoms with Crippen LogP contribution in [0.25, 0.3) is 0 Å². The van der Waals surface area contributed by atoms with E-state index in [2.05, 4.69) is 15.7 Å². The largest absolute Gasteiger partial charge is 0.383 e. The van der Waals surface area contributed by atoms with E-state index in [4.69, 9.17) is 4.74 Å². The number of aromatic nitrogens is 2. The van der Waals surface area contributed by atoms with E-state index in [1.165, 1.54) is 36.1 Å². The van der Waals surface area contributed by atoms with Gasteiger partial charge < -0.3 is 15.4 Å². The summed E-state index contributed by atoms with van der Waals surface area (Å²) < 4.78 is 33.0. The van der Waals surface area contributed by atoms with E-state index in [9.17, 15) is 18.4 Å².